The van der Waals surface area contributed by atoms with Gasteiger partial charge in [-0.15, -0.1) is 0 Å². The first kappa shape index (κ1) is 30.1. The Balaban J connectivity index is 1.59. The molecule has 10 nitrogen and oxygen atoms in total. The summed E-state index contributed by atoms with van der Waals surface area (Å²) in [5.74, 6) is -0.795. The number of anilines is 2. The highest BCUT2D eigenvalue weighted by molar-refractivity contribution is 6.04. The van der Waals surface area contributed by atoms with Crippen LogP contribution in [0.2, 0.25) is 0 Å². The summed E-state index contributed by atoms with van der Waals surface area (Å²) in [6.07, 6.45) is 4.80. The zero-order valence-electron chi connectivity index (χ0n) is 23.9. The van der Waals surface area contributed by atoms with Gasteiger partial charge in [0.15, 0.2) is 5.75 Å². The summed E-state index contributed by atoms with van der Waals surface area (Å²) in [6.45, 7) is 4.03. The second-order valence-corrected chi connectivity index (χ2v) is 11.1. The number of hydrogen-bond donors (Lipinski definition) is 4. The number of fused-ring (bicyclic) bond motifs is 1. The first-order chi connectivity index (χ1) is 19.7. The highest BCUT2D eigenvalue weighted by Gasteiger charge is 2.35. The van der Waals surface area contributed by atoms with Crippen LogP contribution in [0.3, 0.4) is 0 Å². The maximum Gasteiger partial charge on any atom is 0.323 e. The van der Waals surface area contributed by atoms with E-state index >= 15 is 0 Å². The molecule has 1 aliphatic carbocycles. The molecule has 1 aliphatic heterocycles. The molecule has 0 spiro atoms. The number of ether oxygens (including phenoxy) is 1. The Morgan fingerprint density at radius 3 is 2.51 bits per heavy atom. The van der Waals surface area contributed by atoms with Crippen molar-refractivity contribution in [3.63, 3.8) is 0 Å². The van der Waals surface area contributed by atoms with E-state index < -0.39 is 24.0 Å². The number of nitrogens with zero attached hydrogens (tertiary/aromatic N) is 2. The van der Waals surface area contributed by atoms with Crippen molar-refractivity contribution in [1.29, 1.82) is 0 Å². The maximum absolute atomic E-state index is 13.7. The average molecular weight is 570 g/mol. The number of para-hydroxylation sites is 1. The van der Waals surface area contributed by atoms with Gasteiger partial charge in [0.25, 0.3) is 5.91 Å². The predicted molar refractivity (Wildman–Crippen MR) is 155 cm³/mol. The van der Waals surface area contributed by atoms with Gasteiger partial charge in [-0.05, 0) is 56.2 Å². The molecule has 4 rings (SSSR count). The second-order valence-electron chi connectivity index (χ2n) is 11.1. The molecular weight excluding hydrogens is 529 g/mol. The Morgan fingerprint density at radius 2 is 1.83 bits per heavy atom. The second kappa shape index (κ2) is 13.7. The van der Waals surface area contributed by atoms with E-state index in [0.717, 1.165) is 25.7 Å². The van der Waals surface area contributed by atoms with E-state index in [1.54, 1.807) is 42.0 Å². The van der Waals surface area contributed by atoms with E-state index in [2.05, 4.69) is 16.0 Å². The summed E-state index contributed by atoms with van der Waals surface area (Å²) < 4.78 is 19.7. The van der Waals surface area contributed by atoms with Crippen molar-refractivity contribution in [1.82, 2.24) is 15.1 Å². The zero-order valence-corrected chi connectivity index (χ0v) is 23.9. The van der Waals surface area contributed by atoms with Crippen LogP contribution in [0.1, 0.15) is 56.3 Å². The van der Waals surface area contributed by atoms with Crippen LogP contribution in [0.25, 0.3) is 0 Å². The molecular formula is C30H40FN5O5. The van der Waals surface area contributed by atoms with Gasteiger partial charge in [0.05, 0.1) is 30.4 Å². The first-order valence-electron chi connectivity index (χ1n) is 14.2. The number of rotatable bonds is 7. The molecule has 0 aromatic heterocycles. The molecule has 222 valence electrons. The van der Waals surface area contributed by atoms with Gasteiger partial charge in [-0.2, -0.15) is 0 Å². The molecule has 5 amide bonds. The highest BCUT2D eigenvalue weighted by atomic mass is 19.1. The lowest BCUT2D eigenvalue weighted by Gasteiger charge is -2.38. The van der Waals surface area contributed by atoms with Crippen LogP contribution in [-0.2, 0) is 0 Å². The molecule has 41 heavy (non-hydrogen) atoms. The van der Waals surface area contributed by atoms with Crippen molar-refractivity contribution < 1.29 is 28.6 Å². The van der Waals surface area contributed by atoms with E-state index in [1.165, 1.54) is 30.7 Å². The largest absolute Gasteiger partial charge is 0.485 e. The lowest BCUT2D eigenvalue weighted by Crippen LogP contribution is -2.52. The van der Waals surface area contributed by atoms with Gasteiger partial charge in [0.1, 0.15) is 11.9 Å². The molecule has 2 aliphatic rings. The van der Waals surface area contributed by atoms with E-state index in [9.17, 15) is 23.9 Å². The normalized spacial score (nSPS) is 20.1. The fourth-order valence-electron chi connectivity index (χ4n) is 5.26. The number of likely N-dealkylation sites (N-methyl/N-ethyl adjacent to an activating group) is 1. The third kappa shape index (κ3) is 7.66. The maximum atomic E-state index is 13.7. The molecule has 0 unspecified atom stereocenters. The minimum absolute atomic E-state index is 0.157. The van der Waals surface area contributed by atoms with Gasteiger partial charge in [-0.3, -0.25) is 4.79 Å². The van der Waals surface area contributed by atoms with E-state index in [1.807, 2.05) is 6.92 Å². The summed E-state index contributed by atoms with van der Waals surface area (Å²) in [7, 11) is 1.72. The van der Waals surface area contributed by atoms with Crippen molar-refractivity contribution in [2.45, 2.75) is 64.1 Å². The number of carbonyl (C=O) groups excluding carboxylic acids is 3. The van der Waals surface area contributed by atoms with Gasteiger partial charge in [0.2, 0.25) is 0 Å². The van der Waals surface area contributed by atoms with E-state index in [0.29, 0.717) is 12.2 Å². The van der Waals surface area contributed by atoms with Gasteiger partial charge in [0, 0.05) is 31.2 Å². The monoisotopic (exact) mass is 569 g/mol. The number of hydrogen-bond acceptors (Lipinski definition) is 5. The van der Waals surface area contributed by atoms with Gasteiger partial charge in [-0.1, -0.05) is 32.3 Å². The van der Waals surface area contributed by atoms with Crippen LogP contribution in [0.15, 0.2) is 42.5 Å². The Hall–Kier alpha value is -3.86. The first-order valence-corrected chi connectivity index (χ1v) is 14.2. The van der Waals surface area contributed by atoms with Crippen molar-refractivity contribution in [3.05, 3.63) is 53.8 Å². The quantitative estimate of drug-likeness (QED) is 0.386. The smallest absolute Gasteiger partial charge is 0.323 e. The molecule has 4 N–H and O–H groups in total. The van der Waals surface area contributed by atoms with Crippen LogP contribution in [-0.4, -0.2) is 77.8 Å². The van der Waals surface area contributed by atoms with Gasteiger partial charge in [-0.25, -0.2) is 14.0 Å². The number of urea groups is 2. The number of halogens is 1. The third-order valence-electron chi connectivity index (χ3n) is 7.77. The summed E-state index contributed by atoms with van der Waals surface area (Å²) in [4.78, 5) is 42.7. The lowest BCUT2D eigenvalue weighted by molar-refractivity contribution is 0.0368. The van der Waals surface area contributed by atoms with Crippen LogP contribution in [0, 0.1) is 11.7 Å². The van der Waals surface area contributed by atoms with Crippen LogP contribution in [0.5, 0.6) is 5.75 Å². The number of benzene rings is 2. The molecule has 0 radical (unpaired) electrons. The van der Waals surface area contributed by atoms with Crippen LogP contribution >= 0.6 is 0 Å². The summed E-state index contributed by atoms with van der Waals surface area (Å²) >= 11 is 0. The summed E-state index contributed by atoms with van der Waals surface area (Å²) in [5.41, 5.74) is 0.885. The van der Waals surface area contributed by atoms with Crippen molar-refractivity contribution in [2.75, 3.05) is 37.4 Å². The van der Waals surface area contributed by atoms with Crippen LogP contribution < -0.4 is 20.7 Å². The molecule has 0 bridgehead atoms. The standard InChI is InChI=1S/C30H40FN5O5/c1-19-16-36(20(2)18-37)28(38)24-10-7-11-25(34-29(39)32-23-14-12-21(31)13-15-23)27(24)41-26(19)17-35(3)30(40)33-22-8-5-4-6-9-22/h7,10-15,19-20,22,26,37H,4-6,8-9,16-18H2,1-3H3,(H,33,40)(H2,32,34,39)/t19-,20-,26+/m0/s1. The van der Waals surface area contributed by atoms with Crippen molar-refractivity contribution >= 4 is 29.3 Å². The topological polar surface area (TPSA) is 123 Å². The minimum atomic E-state index is -0.600. The van der Waals surface area contributed by atoms with Gasteiger partial charge >= 0.3 is 12.1 Å². The molecule has 1 fully saturated rings. The SMILES string of the molecule is C[C@H]1CN([C@@H](C)CO)C(=O)c2cccc(NC(=O)Nc3ccc(F)cc3)c2O[C@@H]1CN(C)C(=O)NC1CCCCC1. The lowest BCUT2D eigenvalue weighted by atomic mass is 9.96. The molecule has 11 heteroatoms. The van der Waals surface area contributed by atoms with E-state index in [4.69, 9.17) is 4.74 Å². The fraction of sp³-hybridized carbons (Fsp3) is 0.500. The molecule has 2 aromatic rings. The average Bonchev–Trinajstić information content (AvgIpc) is 2.96. The molecule has 1 heterocycles. The van der Waals surface area contributed by atoms with Gasteiger partial charge < -0.3 is 35.6 Å². The number of aliphatic hydroxyl groups is 1. The predicted octanol–water partition coefficient (Wildman–Crippen LogP) is 4.66. The number of carbonyl (C=O) groups is 3. The molecule has 2 aromatic carbocycles. The fourth-order valence-corrected chi connectivity index (χ4v) is 5.26. The number of nitrogens with one attached hydrogen (secondary N) is 3. The highest BCUT2D eigenvalue weighted by Crippen LogP contribution is 2.35. The Bertz CT molecular complexity index is 1220. The summed E-state index contributed by atoms with van der Waals surface area (Å²) in [6, 6.07) is 9.14. The minimum Gasteiger partial charge on any atom is -0.485 e. The number of amides is 5. The molecule has 3 atom stereocenters. The van der Waals surface area contributed by atoms with E-state index in [-0.39, 0.29) is 54.1 Å². The van der Waals surface area contributed by atoms with Crippen molar-refractivity contribution in [3.8, 4) is 5.75 Å². The number of aliphatic hydroxyl groups excluding tert-OH is 1. The molecule has 0 saturated heterocycles. The van der Waals surface area contributed by atoms with Crippen LogP contribution in [0.4, 0.5) is 25.4 Å². The Kier molecular flexibility index (Phi) is 10.0. The molecule has 1 saturated carbocycles. The zero-order chi connectivity index (χ0) is 29.5. The Labute approximate surface area is 240 Å². The Morgan fingerprint density at radius 1 is 1.12 bits per heavy atom. The summed E-state index contributed by atoms with van der Waals surface area (Å²) in [5, 5.41) is 18.4. The third-order valence-corrected chi connectivity index (χ3v) is 7.77. The van der Waals surface area contributed by atoms with Crippen molar-refractivity contribution in [2.24, 2.45) is 5.92 Å².